The summed E-state index contributed by atoms with van der Waals surface area (Å²) in [6.45, 7) is 5.02. The van der Waals surface area contributed by atoms with Crippen LogP contribution in [0.5, 0.6) is 0 Å². The number of alkyl carbamates (subject to hydrolysis) is 1. The Labute approximate surface area is 135 Å². The van der Waals surface area contributed by atoms with Gasteiger partial charge in [0.1, 0.15) is 11.6 Å². The van der Waals surface area contributed by atoms with Gasteiger partial charge in [0.05, 0.1) is 4.90 Å². The van der Waals surface area contributed by atoms with Crippen LogP contribution in [0.4, 0.5) is 4.79 Å². The number of hydrogen-bond acceptors (Lipinski definition) is 5. The number of carboxylic acid groups (broad SMARTS) is 1. The maximum atomic E-state index is 11.7. The van der Waals surface area contributed by atoms with E-state index in [1.54, 1.807) is 20.8 Å². The molecular formula is C15H21NO6S. The normalized spacial score (nSPS) is 13.2. The van der Waals surface area contributed by atoms with E-state index in [2.05, 4.69) is 5.32 Å². The molecule has 1 aromatic rings. The summed E-state index contributed by atoms with van der Waals surface area (Å²) in [5, 5.41) is 11.5. The largest absolute Gasteiger partial charge is 0.480 e. The first-order chi connectivity index (χ1) is 10.4. The first kappa shape index (κ1) is 19.0. The summed E-state index contributed by atoms with van der Waals surface area (Å²) in [7, 11) is -3.31. The van der Waals surface area contributed by atoms with Crippen molar-refractivity contribution in [1.82, 2.24) is 5.32 Å². The van der Waals surface area contributed by atoms with E-state index in [1.807, 2.05) is 0 Å². The summed E-state index contributed by atoms with van der Waals surface area (Å²) in [6.07, 6.45) is 0.280. The van der Waals surface area contributed by atoms with Crippen LogP contribution in [0.1, 0.15) is 26.3 Å². The van der Waals surface area contributed by atoms with Gasteiger partial charge in [0.25, 0.3) is 0 Å². The Morgan fingerprint density at radius 1 is 1.22 bits per heavy atom. The van der Waals surface area contributed by atoms with Gasteiger partial charge in [-0.05, 0) is 38.5 Å². The molecular weight excluding hydrogens is 322 g/mol. The third-order valence-electron chi connectivity index (χ3n) is 2.78. The molecule has 0 aliphatic heterocycles. The number of sulfone groups is 1. The Balaban J connectivity index is 2.81. The second-order valence-corrected chi connectivity index (χ2v) is 8.17. The first-order valence-electron chi connectivity index (χ1n) is 6.90. The Morgan fingerprint density at radius 3 is 2.13 bits per heavy atom. The highest BCUT2D eigenvalue weighted by molar-refractivity contribution is 7.90. The molecule has 1 atom stereocenters. The molecule has 0 heterocycles. The molecule has 7 nitrogen and oxygen atoms in total. The van der Waals surface area contributed by atoms with Crippen molar-refractivity contribution in [3.63, 3.8) is 0 Å². The van der Waals surface area contributed by atoms with Crippen molar-refractivity contribution in [1.29, 1.82) is 0 Å². The number of nitrogens with one attached hydrogen (secondary N) is 1. The minimum Gasteiger partial charge on any atom is -0.480 e. The molecule has 128 valence electrons. The number of aliphatic carboxylic acids is 1. The van der Waals surface area contributed by atoms with Crippen molar-refractivity contribution >= 4 is 21.9 Å². The van der Waals surface area contributed by atoms with E-state index in [0.717, 1.165) is 6.26 Å². The first-order valence-corrected chi connectivity index (χ1v) is 8.79. The molecule has 8 heteroatoms. The Bertz CT molecular complexity index is 673. The average Bonchev–Trinajstić information content (AvgIpc) is 2.35. The molecule has 0 aromatic heterocycles. The van der Waals surface area contributed by atoms with E-state index in [1.165, 1.54) is 24.3 Å². The SMILES string of the molecule is CC(C)(C)OC(=O)NC(Cc1ccc(S(C)(=O)=O)cc1)C(=O)O. The summed E-state index contributed by atoms with van der Waals surface area (Å²) in [5.74, 6) is -1.21. The zero-order chi connectivity index (χ0) is 17.8. The summed E-state index contributed by atoms with van der Waals surface area (Å²) in [6, 6.07) is 4.66. The van der Waals surface area contributed by atoms with Gasteiger partial charge in [-0.1, -0.05) is 12.1 Å². The average molecular weight is 343 g/mol. The van der Waals surface area contributed by atoms with Gasteiger partial charge in [-0.25, -0.2) is 18.0 Å². The molecule has 1 aromatic carbocycles. The third kappa shape index (κ3) is 6.68. The number of hydrogen-bond donors (Lipinski definition) is 2. The lowest BCUT2D eigenvalue weighted by Gasteiger charge is -2.22. The quantitative estimate of drug-likeness (QED) is 0.840. The van der Waals surface area contributed by atoms with Crippen molar-refractivity contribution < 1.29 is 27.9 Å². The molecule has 0 radical (unpaired) electrons. The van der Waals surface area contributed by atoms with E-state index in [-0.39, 0.29) is 11.3 Å². The summed E-state index contributed by atoms with van der Waals surface area (Å²) >= 11 is 0. The van der Waals surface area contributed by atoms with Crippen molar-refractivity contribution in [3.05, 3.63) is 29.8 Å². The lowest BCUT2D eigenvalue weighted by molar-refractivity contribution is -0.139. The van der Waals surface area contributed by atoms with Gasteiger partial charge >= 0.3 is 12.1 Å². The maximum Gasteiger partial charge on any atom is 0.408 e. The number of amides is 1. The highest BCUT2D eigenvalue weighted by Crippen LogP contribution is 2.12. The smallest absolute Gasteiger partial charge is 0.408 e. The Hall–Kier alpha value is -2.09. The van der Waals surface area contributed by atoms with Crippen LogP contribution >= 0.6 is 0 Å². The van der Waals surface area contributed by atoms with Crippen molar-refractivity contribution in [2.75, 3.05) is 6.26 Å². The standard InChI is InChI=1S/C15H21NO6S/c1-15(2,3)22-14(19)16-12(13(17)18)9-10-5-7-11(8-6-10)23(4,20)21/h5-8,12H,9H2,1-4H3,(H,16,19)(H,17,18). The monoisotopic (exact) mass is 343 g/mol. The van der Waals surface area contributed by atoms with Crippen LogP contribution in [0.15, 0.2) is 29.2 Å². The van der Waals surface area contributed by atoms with Crippen molar-refractivity contribution in [2.24, 2.45) is 0 Å². The van der Waals surface area contributed by atoms with Gasteiger partial charge in [0, 0.05) is 12.7 Å². The lowest BCUT2D eigenvalue weighted by Crippen LogP contribution is -2.44. The predicted molar refractivity (Wildman–Crippen MR) is 84.0 cm³/mol. The zero-order valence-electron chi connectivity index (χ0n) is 13.5. The van der Waals surface area contributed by atoms with Gasteiger partial charge in [-0.2, -0.15) is 0 Å². The molecule has 0 aliphatic carbocycles. The number of carbonyl (C=O) groups is 2. The van der Waals surface area contributed by atoms with Crippen LogP contribution in [0.2, 0.25) is 0 Å². The highest BCUT2D eigenvalue weighted by atomic mass is 32.2. The van der Waals surface area contributed by atoms with Crippen LogP contribution in [0.3, 0.4) is 0 Å². The number of carboxylic acids is 1. The fourth-order valence-electron chi connectivity index (χ4n) is 1.76. The summed E-state index contributed by atoms with van der Waals surface area (Å²) in [5.41, 5.74) is -0.148. The number of benzene rings is 1. The maximum absolute atomic E-state index is 11.7. The van der Waals surface area contributed by atoms with Crippen LogP contribution < -0.4 is 5.32 Å². The fraction of sp³-hybridized carbons (Fsp3) is 0.467. The lowest BCUT2D eigenvalue weighted by atomic mass is 10.1. The van der Waals surface area contributed by atoms with Gasteiger partial charge in [0.2, 0.25) is 0 Å². The third-order valence-corrected chi connectivity index (χ3v) is 3.91. The van der Waals surface area contributed by atoms with Crippen molar-refractivity contribution in [3.8, 4) is 0 Å². The predicted octanol–water partition coefficient (Wildman–Crippen LogP) is 1.61. The fourth-order valence-corrected chi connectivity index (χ4v) is 2.39. The molecule has 2 N–H and O–H groups in total. The molecule has 1 amide bonds. The highest BCUT2D eigenvalue weighted by Gasteiger charge is 2.24. The second kappa shape index (κ2) is 6.99. The van der Waals surface area contributed by atoms with Gasteiger partial charge < -0.3 is 15.2 Å². The van der Waals surface area contributed by atoms with E-state index in [0.29, 0.717) is 5.56 Å². The van der Waals surface area contributed by atoms with Crippen LogP contribution in [0, 0.1) is 0 Å². The van der Waals surface area contributed by atoms with Crippen LogP contribution in [-0.4, -0.2) is 43.5 Å². The van der Waals surface area contributed by atoms with Gasteiger partial charge in [0.15, 0.2) is 9.84 Å². The molecule has 0 spiro atoms. The minimum absolute atomic E-state index is 0.0125. The van der Waals surface area contributed by atoms with Gasteiger partial charge in [-0.15, -0.1) is 0 Å². The molecule has 23 heavy (non-hydrogen) atoms. The minimum atomic E-state index is -3.31. The zero-order valence-corrected chi connectivity index (χ0v) is 14.3. The Morgan fingerprint density at radius 2 is 1.74 bits per heavy atom. The molecule has 1 rings (SSSR count). The molecule has 0 saturated heterocycles. The van der Waals surface area contributed by atoms with E-state index in [4.69, 9.17) is 4.74 Å². The second-order valence-electron chi connectivity index (χ2n) is 6.16. The number of ether oxygens (including phenoxy) is 1. The van der Waals surface area contributed by atoms with E-state index >= 15 is 0 Å². The van der Waals surface area contributed by atoms with Gasteiger partial charge in [-0.3, -0.25) is 0 Å². The number of carbonyl (C=O) groups excluding carboxylic acids is 1. The topological polar surface area (TPSA) is 110 Å². The van der Waals surface area contributed by atoms with Crippen molar-refractivity contribution in [2.45, 2.75) is 43.7 Å². The summed E-state index contributed by atoms with van der Waals surface area (Å²) < 4.78 is 27.8. The summed E-state index contributed by atoms with van der Waals surface area (Å²) in [4.78, 5) is 23.1. The van der Waals surface area contributed by atoms with E-state index in [9.17, 15) is 23.1 Å². The van der Waals surface area contributed by atoms with Crippen LogP contribution in [0.25, 0.3) is 0 Å². The Kier molecular flexibility index (Phi) is 5.76. The van der Waals surface area contributed by atoms with Crippen LogP contribution in [-0.2, 0) is 25.8 Å². The molecule has 0 aliphatic rings. The molecule has 0 bridgehead atoms. The number of rotatable bonds is 5. The molecule has 1 unspecified atom stereocenters. The molecule has 0 fully saturated rings. The van der Waals surface area contributed by atoms with E-state index < -0.39 is 33.5 Å². The molecule has 0 saturated carbocycles.